The van der Waals surface area contributed by atoms with Crippen LogP contribution in [0, 0.1) is 11.8 Å². The number of rotatable bonds is 5. The maximum absolute atomic E-state index is 13.2. The number of hydrogen-bond acceptors (Lipinski definition) is 4. The van der Waals surface area contributed by atoms with Gasteiger partial charge in [0.1, 0.15) is 5.52 Å². The molecule has 1 aromatic heterocycles. The lowest BCUT2D eigenvalue weighted by atomic mass is 9.84. The second kappa shape index (κ2) is 9.92. The van der Waals surface area contributed by atoms with E-state index in [9.17, 15) is 9.59 Å². The third-order valence-corrected chi connectivity index (χ3v) is 7.06. The van der Waals surface area contributed by atoms with Crippen LogP contribution in [0.3, 0.4) is 0 Å². The first-order valence-electron chi connectivity index (χ1n) is 11.8. The van der Waals surface area contributed by atoms with Crippen molar-refractivity contribution in [2.75, 3.05) is 18.4 Å². The summed E-state index contributed by atoms with van der Waals surface area (Å²) in [6.07, 6.45) is 1.54. The third kappa shape index (κ3) is 4.93. The van der Waals surface area contributed by atoms with Crippen LogP contribution in [0.5, 0.6) is 0 Å². The second-order valence-electron chi connectivity index (χ2n) is 8.95. The van der Waals surface area contributed by atoms with Crippen LogP contribution in [0.25, 0.3) is 22.6 Å². The van der Waals surface area contributed by atoms with Gasteiger partial charge in [-0.15, -0.1) is 0 Å². The molecule has 35 heavy (non-hydrogen) atoms. The minimum absolute atomic E-state index is 0.0252. The number of anilines is 1. The predicted octanol–water partition coefficient (Wildman–Crippen LogP) is 6.28. The van der Waals surface area contributed by atoms with E-state index < -0.39 is 0 Å². The Morgan fingerprint density at radius 1 is 1.03 bits per heavy atom. The minimum Gasteiger partial charge on any atom is -0.436 e. The first kappa shape index (κ1) is 23.1. The summed E-state index contributed by atoms with van der Waals surface area (Å²) < 4.78 is 5.86. The molecule has 0 unspecified atom stereocenters. The summed E-state index contributed by atoms with van der Waals surface area (Å²) in [5.41, 5.74) is 3.42. The molecule has 0 saturated carbocycles. The summed E-state index contributed by atoms with van der Waals surface area (Å²) in [6.45, 7) is 3.16. The molecule has 2 heterocycles. The van der Waals surface area contributed by atoms with Crippen LogP contribution in [0.4, 0.5) is 5.69 Å². The Hall–Kier alpha value is -3.64. The molecular weight excluding hydrogens is 462 g/mol. The Morgan fingerprint density at radius 3 is 2.49 bits per heavy atom. The topological polar surface area (TPSA) is 75.4 Å². The molecule has 178 valence electrons. The maximum atomic E-state index is 13.2. The number of hydrogen-bond donors (Lipinski definition) is 1. The summed E-state index contributed by atoms with van der Waals surface area (Å²) in [5.74, 6) is 0.492. The van der Waals surface area contributed by atoms with E-state index >= 15 is 0 Å². The number of aromatic nitrogens is 1. The Bertz CT molecular complexity index is 1360. The van der Waals surface area contributed by atoms with E-state index in [0.29, 0.717) is 46.4 Å². The summed E-state index contributed by atoms with van der Waals surface area (Å²) >= 11 is 6.17. The molecule has 1 atom stereocenters. The second-order valence-corrected chi connectivity index (χ2v) is 9.36. The van der Waals surface area contributed by atoms with Gasteiger partial charge in [0, 0.05) is 30.1 Å². The Balaban J connectivity index is 1.21. The van der Waals surface area contributed by atoms with Crippen LogP contribution < -0.4 is 5.32 Å². The number of carbonyl (C=O) groups excluding carboxylic acids is 2. The summed E-state index contributed by atoms with van der Waals surface area (Å²) in [4.78, 5) is 32.4. The van der Waals surface area contributed by atoms with Crippen molar-refractivity contribution in [3.63, 3.8) is 0 Å². The van der Waals surface area contributed by atoms with Crippen molar-refractivity contribution in [1.82, 2.24) is 9.88 Å². The highest BCUT2D eigenvalue weighted by molar-refractivity contribution is 6.33. The van der Waals surface area contributed by atoms with Crippen molar-refractivity contribution < 1.29 is 14.0 Å². The molecule has 2 amide bonds. The number of nitrogens with one attached hydrogen (secondary N) is 1. The first-order valence-corrected chi connectivity index (χ1v) is 12.2. The zero-order valence-corrected chi connectivity index (χ0v) is 20.2. The van der Waals surface area contributed by atoms with Crippen molar-refractivity contribution in [3.8, 4) is 11.5 Å². The SMILES string of the molecule is C[C@@H](C(=O)Nc1ccccc1Cl)C1CCN(C(=O)c2ccc3oc(-c4ccccc4)nc3c2)CC1. The molecule has 0 aliphatic carbocycles. The molecule has 5 rings (SSSR count). The largest absolute Gasteiger partial charge is 0.436 e. The van der Waals surface area contributed by atoms with Gasteiger partial charge in [0.15, 0.2) is 5.58 Å². The smallest absolute Gasteiger partial charge is 0.253 e. The predicted molar refractivity (Wildman–Crippen MR) is 137 cm³/mol. The first-order chi connectivity index (χ1) is 17.0. The van der Waals surface area contributed by atoms with Gasteiger partial charge in [0.2, 0.25) is 11.8 Å². The Labute approximate surface area is 208 Å². The van der Waals surface area contributed by atoms with E-state index in [2.05, 4.69) is 10.3 Å². The van der Waals surface area contributed by atoms with Gasteiger partial charge in [0.25, 0.3) is 5.91 Å². The highest BCUT2D eigenvalue weighted by Gasteiger charge is 2.30. The zero-order valence-electron chi connectivity index (χ0n) is 19.4. The molecule has 1 fully saturated rings. The highest BCUT2D eigenvalue weighted by Crippen LogP contribution is 2.29. The van der Waals surface area contributed by atoms with Crippen LogP contribution in [-0.4, -0.2) is 34.8 Å². The van der Waals surface area contributed by atoms with Gasteiger partial charge in [0.05, 0.1) is 10.7 Å². The van der Waals surface area contributed by atoms with E-state index in [-0.39, 0.29) is 23.7 Å². The van der Waals surface area contributed by atoms with Gasteiger partial charge in [-0.05, 0) is 61.2 Å². The number of nitrogens with zero attached hydrogens (tertiary/aromatic N) is 2. The third-order valence-electron chi connectivity index (χ3n) is 6.73. The molecule has 6 nitrogen and oxygen atoms in total. The fourth-order valence-electron chi connectivity index (χ4n) is 4.57. The van der Waals surface area contributed by atoms with Gasteiger partial charge in [-0.1, -0.05) is 48.9 Å². The van der Waals surface area contributed by atoms with Gasteiger partial charge in [-0.2, -0.15) is 0 Å². The molecule has 1 saturated heterocycles. The van der Waals surface area contributed by atoms with E-state index in [1.54, 1.807) is 30.3 Å². The van der Waals surface area contributed by atoms with Crippen molar-refractivity contribution in [1.29, 1.82) is 0 Å². The Morgan fingerprint density at radius 2 is 1.74 bits per heavy atom. The summed E-state index contributed by atoms with van der Waals surface area (Å²) in [6, 6.07) is 22.3. The average molecular weight is 488 g/mol. The van der Waals surface area contributed by atoms with Gasteiger partial charge < -0.3 is 14.6 Å². The molecule has 0 radical (unpaired) electrons. The number of halogens is 1. The summed E-state index contributed by atoms with van der Waals surface area (Å²) in [5, 5.41) is 3.45. The molecule has 7 heteroatoms. The lowest BCUT2D eigenvalue weighted by Crippen LogP contribution is -2.41. The quantitative estimate of drug-likeness (QED) is 0.359. The van der Waals surface area contributed by atoms with Gasteiger partial charge in [-0.3, -0.25) is 9.59 Å². The van der Waals surface area contributed by atoms with Crippen molar-refractivity contribution in [2.45, 2.75) is 19.8 Å². The van der Waals surface area contributed by atoms with Crippen LogP contribution >= 0.6 is 11.6 Å². The molecule has 0 spiro atoms. The monoisotopic (exact) mass is 487 g/mol. The number of piperidine rings is 1. The van der Waals surface area contributed by atoms with Crippen molar-refractivity contribution >= 4 is 40.2 Å². The number of benzene rings is 3. The number of fused-ring (bicyclic) bond motifs is 1. The van der Waals surface area contributed by atoms with E-state index in [1.165, 1.54) is 0 Å². The van der Waals surface area contributed by atoms with Crippen LogP contribution in [-0.2, 0) is 4.79 Å². The van der Waals surface area contributed by atoms with Gasteiger partial charge in [-0.25, -0.2) is 4.98 Å². The molecule has 1 aliphatic rings. The lowest BCUT2D eigenvalue weighted by Gasteiger charge is -2.34. The number of likely N-dealkylation sites (tertiary alicyclic amines) is 1. The number of carbonyl (C=O) groups is 2. The fraction of sp³-hybridized carbons (Fsp3) is 0.250. The van der Waals surface area contributed by atoms with Crippen LogP contribution in [0.15, 0.2) is 77.2 Å². The summed E-state index contributed by atoms with van der Waals surface area (Å²) in [7, 11) is 0. The molecular formula is C28H26ClN3O3. The fourth-order valence-corrected chi connectivity index (χ4v) is 4.76. The maximum Gasteiger partial charge on any atom is 0.253 e. The highest BCUT2D eigenvalue weighted by atomic mass is 35.5. The normalized spacial score (nSPS) is 15.2. The molecule has 4 aromatic rings. The van der Waals surface area contributed by atoms with Crippen molar-refractivity contribution in [2.24, 2.45) is 11.8 Å². The minimum atomic E-state index is -0.175. The standard InChI is InChI=1S/C28H26ClN3O3/c1-18(26(33)30-23-10-6-5-9-22(23)29)19-13-15-32(16-14-19)28(34)21-11-12-25-24(17-21)31-27(35-25)20-7-3-2-4-8-20/h2-12,17-19H,13-16H2,1H3,(H,30,33)/t18-/m1/s1. The number of para-hydroxylation sites is 1. The van der Waals surface area contributed by atoms with E-state index in [0.717, 1.165) is 18.4 Å². The van der Waals surface area contributed by atoms with Gasteiger partial charge >= 0.3 is 0 Å². The molecule has 1 N–H and O–H groups in total. The van der Waals surface area contributed by atoms with Crippen LogP contribution in [0.1, 0.15) is 30.1 Å². The molecule has 0 bridgehead atoms. The Kier molecular flexibility index (Phi) is 6.55. The number of amides is 2. The van der Waals surface area contributed by atoms with Crippen LogP contribution in [0.2, 0.25) is 5.02 Å². The zero-order chi connectivity index (χ0) is 24.4. The molecule has 3 aromatic carbocycles. The molecule has 1 aliphatic heterocycles. The van der Waals surface area contributed by atoms with E-state index in [1.807, 2.05) is 54.3 Å². The van der Waals surface area contributed by atoms with E-state index in [4.69, 9.17) is 16.0 Å². The number of oxazole rings is 1. The van der Waals surface area contributed by atoms with Crippen molar-refractivity contribution in [3.05, 3.63) is 83.4 Å². The average Bonchev–Trinajstić information content (AvgIpc) is 3.33. The lowest BCUT2D eigenvalue weighted by molar-refractivity contribution is -0.121.